The molecule has 0 aromatic heterocycles. The second-order valence-electron chi connectivity index (χ2n) is 14.9. The maximum atomic E-state index is 12.5. The molecule has 228 valence electrons. The van der Waals surface area contributed by atoms with Crippen molar-refractivity contribution in [3.05, 3.63) is 11.6 Å². The van der Waals surface area contributed by atoms with Crippen LogP contribution in [0.3, 0.4) is 0 Å². The van der Waals surface area contributed by atoms with Crippen molar-refractivity contribution >= 4 is 12.0 Å². The van der Waals surface area contributed by atoms with Crippen molar-refractivity contribution in [1.82, 2.24) is 10.7 Å². The van der Waals surface area contributed by atoms with Gasteiger partial charge in [-0.15, -0.1) is 0 Å². The van der Waals surface area contributed by atoms with E-state index < -0.39 is 0 Å². The summed E-state index contributed by atoms with van der Waals surface area (Å²) in [6.45, 7) is 13.1. The van der Waals surface area contributed by atoms with Crippen LogP contribution in [-0.4, -0.2) is 24.6 Å². The summed E-state index contributed by atoms with van der Waals surface area (Å²) in [6.07, 6.45) is 19.2. The molecule has 4 N–H and O–H groups in total. The molecule has 40 heavy (non-hydrogen) atoms. The molecule has 4 aliphatic carbocycles. The largest absolute Gasteiger partial charge is 0.446 e. The monoisotopic (exact) mass is 557 g/mol. The van der Waals surface area contributed by atoms with Crippen molar-refractivity contribution in [3.63, 3.8) is 0 Å². The molecule has 8 atom stereocenters. The fourth-order valence-electron chi connectivity index (χ4n) is 9.80. The highest BCUT2D eigenvalue weighted by Crippen LogP contribution is 2.67. The van der Waals surface area contributed by atoms with E-state index in [9.17, 15) is 9.59 Å². The van der Waals surface area contributed by atoms with Gasteiger partial charge >= 0.3 is 6.09 Å². The van der Waals surface area contributed by atoms with Gasteiger partial charge in [0.25, 0.3) is 0 Å². The van der Waals surface area contributed by atoms with Crippen molar-refractivity contribution in [3.8, 4) is 0 Å². The normalized spacial score (nSPS) is 35.7. The third-order valence-corrected chi connectivity index (χ3v) is 12.0. The zero-order valence-corrected chi connectivity index (χ0v) is 26.2. The number of unbranched alkanes of at least 4 members (excludes halogenated alkanes) is 2. The summed E-state index contributed by atoms with van der Waals surface area (Å²) in [4.78, 5) is 23.7. The lowest BCUT2D eigenvalue weighted by Gasteiger charge is -2.58. The first kappa shape index (κ1) is 31.4. The third kappa shape index (κ3) is 6.90. The quantitative estimate of drug-likeness (QED) is 0.0754. The third-order valence-electron chi connectivity index (χ3n) is 12.0. The van der Waals surface area contributed by atoms with Crippen LogP contribution in [0.1, 0.15) is 131 Å². The highest BCUT2D eigenvalue weighted by atomic mass is 16.6. The zero-order valence-electron chi connectivity index (χ0n) is 26.2. The molecule has 0 aromatic rings. The predicted molar refractivity (Wildman–Crippen MR) is 162 cm³/mol. The number of hydrogen-bond donors (Lipinski definition) is 3. The minimum Gasteiger partial charge on any atom is -0.446 e. The Labute approximate surface area is 244 Å². The van der Waals surface area contributed by atoms with Crippen LogP contribution >= 0.6 is 0 Å². The lowest BCUT2D eigenvalue weighted by atomic mass is 9.47. The summed E-state index contributed by atoms with van der Waals surface area (Å²) in [5.41, 5.74) is 4.51. The molecular weight excluding hydrogens is 498 g/mol. The zero-order chi connectivity index (χ0) is 28.9. The van der Waals surface area contributed by atoms with Gasteiger partial charge in [-0.1, -0.05) is 72.0 Å². The number of allylic oxidation sites excluding steroid dienone is 1. The Kier molecular flexibility index (Phi) is 10.7. The first-order valence-corrected chi connectivity index (χ1v) is 16.7. The van der Waals surface area contributed by atoms with E-state index in [1.54, 1.807) is 5.57 Å². The van der Waals surface area contributed by atoms with E-state index in [4.69, 9.17) is 10.6 Å². The smallest absolute Gasteiger partial charge is 0.407 e. The van der Waals surface area contributed by atoms with E-state index in [0.717, 1.165) is 74.0 Å². The maximum Gasteiger partial charge on any atom is 0.407 e. The van der Waals surface area contributed by atoms with Gasteiger partial charge in [-0.25, -0.2) is 10.6 Å². The highest BCUT2D eigenvalue weighted by molar-refractivity contribution is 5.75. The first-order valence-electron chi connectivity index (χ1n) is 16.7. The molecule has 2 amide bonds. The summed E-state index contributed by atoms with van der Waals surface area (Å²) in [5, 5.41) is 2.91. The molecule has 6 nitrogen and oxygen atoms in total. The van der Waals surface area contributed by atoms with Crippen molar-refractivity contribution in [2.45, 2.75) is 137 Å². The van der Waals surface area contributed by atoms with Gasteiger partial charge < -0.3 is 10.1 Å². The van der Waals surface area contributed by atoms with Gasteiger partial charge in [0.1, 0.15) is 6.10 Å². The second-order valence-corrected chi connectivity index (χ2v) is 14.9. The molecule has 3 unspecified atom stereocenters. The molecule has 3 fully saturated rings. The molecule has 0 radical (unpaired) electrons. The summed E-state index contributed by atoms with van der Waals surface area (Å²) in [7, 11) is 0. The number of fused-ring (bicyclic) bond motifs is 5. The molecule has 4 aliphatic rings. The lowest BCUT2D eigenvalue weighted by Crippen LogP contribution is -2.51. The summed E-state index contributed by atoms with van der Waals surface area (Å²) in [5.74, 6) is 10.0. The van der Waals surface area contributed by atoms with E-state index in [2.05, 4.69) is 51.4 Å². The average Bonchev–Trinajstić information content (AvgIpc) is 3.27. The van der Waals surface area contributed by atoms with Crippen LogP contribution < -0.4 is 16.6 Å². The standard InChI is InChI=1S/C34H59N3O3/c1-23(2)10-9-11-24(3)28-15-16-29-27-14-13-25-22-26(17-19-33(25,4)30(27)18-20-34(28,29)5)40-32(39)36-21-8-6-7-12-31(38)37-35/h13,23-24,26-30H,6-12,14-22,35H2,1-5H3,(H,36,39)(H,37,38)/t24-,26+,27?,28-,29?,30?,33+,34-/m1/s1. The SMILES string of the molecule is CC(C)CCC[C@@H](C)[C@H]1CCC2C3CC=C4C[C@@H](OC(=O)NCCCCCC(=O)NN)CC[C@]4(C)C3CC[C@@]21C. The van der Waals surface area contributed by atoms with Gasteiger partial charge in [-0.05, 0) is 104 Å². The van der Waals surface area contributed by atoms with Crippen LogP contribution in [0.5, 0.6) is 0 Å². The molecule has 0 heterocycles. The summed E-state index contributed by atoms with van der Waals surface area (Å²) in [6, 6.07) is 0. The van der Waals surface area contributed by atoms with Crippen LogP contribution in [-0.2, 0) is 9.53 Å². The number of hydrazine groups is 1. The number of rotatable bonds is 12. The van der Waals surface area contributed by atoms with Crippen LogP contribution in [0.2, 0.25) is 0 Å². The van der Waals surface area contributed by atoms with Gasteiger partial charge in [0.15, 0.2) is 0 Å². The Morgan fingerprint density at radius 1 is 1.00 bits per heavy atom. The molecule has 0 bridgehead atoms. The minimum atomic E-state index is -0.296. The van der Waals surface area contributed by atoms with Gasteiger partial charge in [0, 0.05) is 19.4 Å². The topological polar surface area (TPSA) is 93.4 Å². The van der Waals surface area contributed by atoms with Crippen LogP contribution in [0, 0.1) is 46.3 Å². The second kappa shape index (κ2) is 13.6. The average molecular weight is 558 g/mol. The van der Waals surface area contributed by atoms with E-state index >= 15 is 0 Å². The fraction of sp³-hybridized carbons (Fsp3) is 0.882. The number of ether oxygens (including phenoxy) is 1. The Balaban J connectivity index is 1.27. The molecule has 0 saturated heterocycles. The molecular formula is C34H59N3O3. The van der Waals surface area contributed by atoms with Gasteiger partial charge in [-0.3, -0.25) is 10.2 Å². The van der Waals surface area contributed by atoms with Gasteiger partial charge in [-0.2, -0.15) is 0 Å². The number of amides is 2. The van der Waals surface area contributed by atoms with Crippen molar-refractivity contribution in [2.24, 2.45) is 52.2 Å². The summed E-state index contributed by atoms with van der Waals surface area (Å²) < 4.78 is 5.88. The van der Waals surface area contributed by atoms with E-state index in [1.165, 1.54) is 51.4 Å². The van der Waals surface area contributed by atoms with Crippen molar-refractivity contribution < 1.29 is 14.3 Å². The number of nitrogens with one attached hydrogen (secondary N) is 2. The maximum absolute atomic E-state index is 12.5. The number of carbonyl (C=O) groups excluding carboxylic acids is 2. The van der Waals surface area contributed by atoms with Crippen molar-refractivity contribution in [1.29, 1.82) is 0 Å². The molecule has 0 aliphatic heterocycles. The predicted octanol–water partition coefficient (Wildman–Crippen LogP) is 7.67. The molecule has 3 saturated carbocycles. The van der Waals surface area contributed by atoms with E-state index in [0.29, 0.717) is 18.4 Å². The van der Waals surface area contributed by atoms with E-state index in [1.807, 2.05) is 0 Å². The Bertz CT molecular complexity index is 903. The van der Waals surface area contributed by atoms with E-state index in [-0.39, 0.29) is 23.5 Å². The molecule has 6 heteroatoms. The molecule has 0 aromatic carbocycles. The van der Waals surface area contributed by atoms with Crippen LogP contribution in [0.25, 0.3) is 0 Å². The lowest BCUT2D eigenvalue weighted by molar-refractivity contribution is -0.121. The number of hydrogen-bond acceptors (Lipinski definition) is 4. The van der Waals surface area contributed by atoms with Gasteiger partial charge in [0.05, 0.1) is 0 Å². The fourth-order valence-corrected chi connectivity index (χ4v) is 9.80. The highest BCUT2D eigenvalue weighted by Gasteiger charge is 2.59. The van der Waals surface area contributed by atoms with Gasteiger partial charge in [0.2, 0.25) is 5.91 Å². The Hall–Kier alpha value is -1.56. The number of alkyl carbamates (subject to hydrolysis) is 1. The Morgan fingerprint density at radius 3 is 2.55 bits per heavy atom. The van der Waals surface area contributed by atoms with Crippen LogP contribution in [0.4, 0.5) is 4.79 Å². The molecule has 0 spiro atoms. The summed E-state index contributed by atoms with van der Waals surface area (Å²) >= 11 is 0. The van der Waals surface area contributed by atoms with Crippen molar-refractivity contribution in [2.75, 3.05) is 6.54 Å². The minimum absolute atomic E-state index is 0.0134. The molecule has 4 rings (SSSR count). The Morgan fingerprint density at radius 2 is 1.80 bits per heavy atom. The number of carbonyl (C=O) groups is 2. The first-order chi connectivity index (χ1) is 19.1. The number of nitrogens with two attached hydrogens (primary N) is 1. The van der Waals surface area contributed by atoms with Crippen LogP contribution in [0.15, 0.2) is 11.6 Å².